The van der Waals surface area contributed by atoms with E-state index in [1.165, 1.54) is 32.1 Å². The van der Waals surface area contributed by atoms with Crippen molar-refractivity contribution < 1.29 is 13.6 Å². The van der Waals surface area contributed by atoms with E-state index in [-0.39, 0.29) is 12.8 Å². The molecule has 154 valence electrons. The van der Waals surface area contributed by atoms with Gasteiger partial charge in [0.15, 0.2) is 0 Å². The number of hydrogen-bond acceptors (Lipinski definition) is 2. The van der Waals surface area contributed by atoms with E-state index in [9.17, 15) is 13.6 Å². The molecule has 1 rings (SSSR count). The van der Waals surface area contributed by atoms with E-state index in [1.54, 1.807) is 12.1 Å². The Labute approximate surface area is 164 Å². The number of carbonyl (C=O) groups excluding carboxylic acids is 1. The Balaban J connectivity index is 1.98. The fourth-order valence-corrected chi connectivity index (χ4v) is 3.24. The van der Waals surface area contributed by atoms with E-state index >= 15 is 0 Å². The summed E-state index contributed by atoms with van der Waals surface area (Å²) in [6, 6.07) is 7.26. The number of carbonyl (C=O) groups is 1. The Kier molecular flexibility index (Phi) is 12.7. The van der Waals surface area contributed by atoms with Gasteiger partial charge in [0.2, 0.25) is 5.92 Å². The molecule has 0 saturated carbocycles. The number of halogens is 2. The van der Waals surface area contributed by atoms with Crippen LogP contribution in [0, 0.1) is 0 Å². The van der Waals surface area contributed by atoms with Gasteiger partial charge in [-0.25, -0.2) is 8.78 Å². The molecule has 4 heteroatoms. The number of benzene rings is 1. The molecule has 0 aliphatic carbocycles. The summed E-state index contributed by atoms with van der Waals surface area (Å²) < 4.78 is 27.8. The number of hydrogen-bond donors (Lipinski definition) is 1. The van der Waals surface area contributed by atoms with Gasteiger partial charge in [0, 0.05) is 30.6 Å². The van der Waals surface area contributed by atoms with Gasteiger partial charge in [-0.1, -0.05) is 58.3 Å². The summed E-state index contributed by atoms with van der Waals surface area (Å²) in [5, 5.41) is 3.26. The predicted octanol–water partition coefficient (Wildman–Crippen LogP) is 7.64. The maximum Gasteiger partial charge on any atom is 0.248 e. The molecule has 1 aromatic carbocycles. The molecule has 1 N–H and O–H groups in total. The summed E-state index contributed by atoms with van der Waals surface area (Å²) in [5.41, 5.74) is 1.61. The molecule has 27 heavy (non-hydrogen) atoms. The van der Waals surface area contributed by atoms with Gasteiger partial charge in [-0.15, -0.1) is 0 Å². The Morgan fingerprint density at radius 3 is 1.89 bits per heavy atom. The zero-order chi connectivity index (χ0) is 19.8. The van der Waals surface area contributed by atoms with Crippen LogP contribution in [0.2, 0.25) is 0 Å². The zero-order valence-corrected chi connectivity index (χ0v) is 17.0. The highest BCUT2D eigenvalue weighted by atomic mass is 19.3. The molecule has 0 saturated heterocycles. The molecule has 0 bridgehead atoms. The molecule has 1 aromatic rings. The molecule has 0 fully saturated rings. The van der Waals surface area contributed by atoms with Gasteiger partial charge in [-0.3, -0.25) is 4.79 Å². The molecule has 0 atom stereocenters. The first-order valence-electron chi connectivity index (χ1n) is 10.7. The molecular weight excluding hydrogens is 344 g/mol. The maximum absolute atomic E-state index is 13.9. The van der Waals surface area contributed by atoms with Gasteiger partial charge in [0.25, 0.3) is 0 Å². The summed E-state index contributed by atoms with van der Waals surface area (Å²) >= 11 is 0. The lowest BCUT2D eigenvalue weighted by Gasteiger charge is -2.16. The fraction of sp³-hybridized carbons (Fsp3) is 0.696. The minimum Gasteiger partial charge on any atom is -0.385 e. The van der Waals surface area contributed by atoms with Crippen molar-refractivity contribution in [3.8, 4) is 0 Å². The summed E-state index contributed by atoms with van der Waals surface area (Å²) in [7, 11) is 0. The molecule has 0 radical (unpaired) electrons. The first-order valence-corrected chi connectivity index (χ1v) is 10.7. The van der Waals surface area contributed by atoms with Gasteiger partial charge in [-0.2, -0.15) is 0 Å². The smallest absolute Gasteiger partial charge is 0.248 e. The molecule has 0 aromatic heterocycles. The number of unbranched alkanes of at least 4 members (excludes halogenated alkanes) is 9. The second-order valence-electron chi connectivity index (χ2n) is 7.56. The monoisotopic (exact) mass is 381 g/mol. The number of nitrogens with one attached hydrogen (secondary N) is 1. The van der Waals surface area contributed by atoms with Crippen LogP contribution >= 0.6 is 0 Å². The number of alkyl halides is 2. The van der Waals surface area contributed by atoms with E-state index in [0.29, 0.717) is 18.4 Å². The third kappa shape index (κ3) is 12.5. The van der Waals surface area contributed by atoms with Gasteiger partial charge >= 0.3 is 0 Å². The summed E-state index contributed by atoms with van der Waals surface area (Å²) in [6.07, 6.45) is 12.1. The molecule has 0 amide bonds. The predicted molar refractivity (Wildman–Crippen MR) is 111 cm³/mol. The lowest BCUT2D eigenvalue weighted by Crippen LogP contribution is -2.15. The average Bonchev–Trinajstić information content (AvgIpc) is 2.67. The van der Waals surface area contributed by atoms with Crippen LogP contribution in [0.15, 0.2) is 24.3 Å². The average molecular weight is 382 g/mol. The van der Waals surface area contributed by atoms with Crippen molar-refractivity contribution in [3.05, 3.63) is 29.8 Å². The van der Waals surface area contributed by atoms with Gasteiger partial charge < -0.3 is 5.32 Å². The van der Waals surface area contributed by atoms with Crippen LogP contribution in [0.25, 0.3) is 0 Å². The third-order valence-electron chi connectivity index (χ3n) is 4.99. The van der Waals surface area contributed by atoms with Gasteiger partial charge in [0.05, 0.1) is 0 Å². The molecule has 0 aliphatic heterocycles. The fourth-order valence-electron chi connectivity index (χ4n) is 3.24. The minimum absolute atomic E-state index is 0.0114. The van der Waals surface area contributed by atoms with Crippen molar-refractivity contribution in [2.24, 2.45) is 0 Å². The molecule has 0 heterocycles. The van der Waals surface area contributed by atoms with Crippen LogP contribution < -0.4 is 5.32 Å². The number of rotatable bonds is 17. The molecule has 2 nitrogen and oxygen atoms in total. The Bertz CT molecular complexity index is 488. The first-order chi connectivity index (χ1) is 13.1. The van der Waals surface area contributed by atoms with E-state index < -0.39 is 5.92 Å². The normalized spacial score (nSPS) is 11.5. The first kappa shape index (κ1) is 23.6. The van der Waals surface area contributed by atoms with Crippen molar-refractivity contribution in [2.45, 2.75) is 96.3 Å². The van der Waals surface area contributed by atoms with E-state index in [1.807, 2.05) is 12.1 Å². The Hall–Kier alpha value is -1.45. The highest BCUT2D eigenvalue weighted by Gasteiger charge is 2.26. The Morgan fingerprint density at radius 1 is 0.815 bits per heavy atom. The van der Waals surface area contributed by atoms with Crippen LogP contribution in [0.5, 0.6) is 0 Å². The van der Waals surface area contributed by atoms with E-state index in [4.69, 9.17) is 0 Å². The molecule has 0 aliphatic rings. The van der Waals surface area contributed by atoms with Crippen molar-refractivity contribution in [1.29, 1.82) is 0 Å². The van der Waals surface area contributed by atoms with Crippen molar-refractivity contribution in [3.63, 3.8) is 0 Å². The topological polar surface area (TPSA) is 29.1 Å². The molecular formula is C23H37F2NO. The SMILES string of the molecule is CCCCCCCCCCC(F)(F)CCCCCNc1ccc(C=O)cc1. The van der Waals surface area contributed by atoms with Gasteiger partial charge in [-0.05, 0) is 43.5 Å². The van der Waals surface area contributed by atoms with Crippen LogP contribution in [-0.4, -0.2) is 18.8 Å². The van der Waals surface area contributed by atoms with E-state index in [2.05, 4.69) is 12.2 Å². The quantitative estimate of drug-likeness (QED) is 0.222. The minimum atomic E-state index is -2.50. The lowest BCUT2D eigenvalue weighted by molar-refractivity contribution is -0.0206. The highest BCUT2D eigenvalue weighted by Crippen LogP contribution is 2.28. The second kappa shape index (κ2) is 14.6. The molecule has 0 spiro atoms. The van der Waals surface area contributed by atoms with E-state index in [0.717, 1.165) is 44.2 Å². The third-order valence-corrected chi connectivity index (χ3v) is 4.99. The summed E-state index contributed by atoms with van der Waals surface area (Å²) in [6.45, 7) is 2.97. The summed E-state index contributed by atoms with van der Waals surface area (Å²) in [4.78, 5) is 10.6. The largest absolute Gasteiger partial charge is 0.385 e. The van der Waals surface area contributed by atoms with Crippen LogP contribution in [0.4, 0.5) is 14.5 Å². The van der Waals surface area contributed by atoms with Crippen LogP contribution in [0.3, 0.4) is 0 Å². The van der Waals surface area contributed by atoms with Crippen LogP contribution in [0.1, 0.15) is 101 Å². The number of aldehydes is 1. The van der Waals surface area contributed by atoms with Crippen molar-refractivity contribution >= 4 is 12.0 Å². The molecule has 0 unspecified atom stereocenters. The second-order valence-corrected chi connectivity index (χ2v) is 7.56. The van der Waals surface area contributed by atoms with Crippen LogP contribution in [-0.2, 0) is 0 Å². The van der Waals surface area contributed by atoms with Crippen molar-refractivity contribution in [1.82, 2.24) is 0 Å². The summed E-state index contributed by atoms with van der Waals surface area (Å²) in [5.74, 6) is -2.50. The van der Waals surface area contributed by atoms with Gasteiger partial charge in [0.1, 0.15) is 6.29 Å². The maximum atomic E-state index is 13.9. The van der Waals surface area contributed by atoms with Crippen molar-refractivity contribution in [2.75, 3.05) is 11.9 Å². The Morgan fingerprint density at radius 2 is 1.33 bits per heavy atom. The lowest BCUT2D eigenvalue weighted by atomic mass is 10.0. The zero-order valence-electron chi connectivity index (χ0n) is 17.0. The number of anilines is 1. The standard InChI is InChI=1S/C23H37F2NO/c1-2-3-4-5-6-7-8-10-17-23(24,25)18-11-9-12-19-26-22-15-13-21(20-27)14-16-22/h13-16,20,26H,2-12,17-19H2,1H3. The highest BCUT2D eigenvalue weighted by molar-refractivity contribution is 5.75.